The van der Waals surface area contributed by atoms with Gasteiger partial charge in [-0.25, -0.2) is 4.98 Å². The number of fused-ring (bicyclic) bond motifs is 1. The molecule has 2 aromatic heterocycles. The maximum absolute atomic E-state index is 12.1. The fourth-order valence-electron chi connectivity index (χ4n) is 2.89. The van der Waals surface area contributed by atoms with Gasteiger partial charge in [-0.3, -0.25) is 4.79 Å². The number of carbonyl (C=O) groups is 1. The maximum Gasteiger partial charge on any atom is 0.244 e. The van der Waals surface area contributed by atoms with Crippen LogP contribution in [0.15, 0.2) is 54.9 Å². The molecule has 6 nitrogen and oxygen atoms in total. The molecule has 0 aliphatic carbocycles. The van der Waals surface area contributed by atoms with Crippen LogP contribution in [-0.2, 0) is 11.2 Å². The number of nitrogens with one attached hydrogen (secondary N) is 1. The highest BCUT2D eigenvalue weighted by Crippen LogP contribution is 2.28. The molecular formula is C23H27N3O3. The fourth-order valence-corrected chi connectivity index (χ4v) is 2.89. The summed E-state index contributed by atoms with van der Waals surface area (Å²) >= 11 is 0. The highest BCUT2D eigenvalue weighted by atomic mass is 16.5. The lowest BCUT2D eigenvalue weighted by Gasteiger charge is -2.10. The Balaban J connectivity index is 1.50. The molecule has 152 valence electrons. The van der Waals surface area contributed by atoms with Crippen molar-refractivity contribution in [3.8, 4) is 11.5 Å². The summed E-state index contributed by atoms with van der Waals surface area (Å²) in [5.74, 6) is 1.24. The fraction of sp³-hybridized carbons (Fsp3) is 0.304. The molecule has 3 aromatic rings. The predicted octanol–water partition coefficient (Wildman–Crippen LogP) is 3.89. The number of unbranched alkanes of at least 4 members (excludes halogenated alkanes) is 1. The first-order valence-electron chi connectivity index (χ1n) is 9.89. The molecule has 0 aliphatic rings. The molecule has 0 fully saturated rings. The topological polar surface area (TPSA) is 64.9 Å². The number of ether oxygens (including phenoxy) is 2. The Morgan fingerprint density at radius 2 is 2.14 bits per heavy atom. The molecule has 1 N–H and O–H groups in total. The van der Waals surface area contributed by atoms with Crippen LogP contribution in [0.2, 0.25) is 0 Å². The zero-order chi connectivity index (χ0) is 20.5. The largest absolute Gasteiger partial charge is 0.493 e. The summed E-state index contributed by atoms with van der Waals surface area (Å²) < 4.78 is 13.1. The summed E-state index contributed by atoms with van der Waals surface area (Å²) in [4.78, 5) is 16.6. The Labute approximate surface area is 171 Å². The number of methoxy groups -OCH3 is 1. The van der Waals surface area contributed by atoms with Crippen LogP contribution in [0.25, 0.3) is 11.7 Å². The zero-order valence-corrected chi connectivity index (χ0v) is 16.9. The number of imidazole rings is 1. The Bertz CT molecular complexity index is 945. The quantitative estimate of drug-likeness (QED) is 0.419. The van der Waals surface area contributed by atoms with Gasteiger partial charge in [0.15, 0.2) is 11.5 Å². The van der Waals surface area contributed by atoms with Gasteiger partial charge in [0, 0.05) is 31.4 Å². The van der Waals surface area contributed by atoms with Crippen molar-refractivity contribution in [2.45, 2.75) is 26.2 Å². The van der Waals surface area contributed by atoms with E-state index in [9.17, 15) is 4.79 Å². The third-order valence-electron chi connectivity index (χ3n) is 4.46. The molecule has 0 saturated carbocycles. The molecule has 3 rings (SSSR count). The smallest absolute Gasteiger partial charge is 0.244 e. The molecule has 6 heteroatoms. The van der Waals surface area contributed by atoms with E-state index in [0.29, 0.717) is 25.3 Å². The normalized spacial score (nSPS) is 11.1. The van der Waals surface area contributed by atoms with E-state index in [2.05, 4.69) is 17.2 Å². The van der Waals surface area contributed by atoms with Crippen molar-refractivity contribution >= 4 is 17.6 Å². The van der Waals surface area contributed by atoms with Crippen LogP contribution in [-0.4, -0.2) is 35.6 Å². The number of carbonyl (C=O) groups excluding carboxylic acids is 1. The summed E-state index contributed by atoms with van der Waals surface area (Å²) in [5, 5.41) is 2.89. The zero-order valence-electron chi connectivity index (χ0n) is 16.9. The lowest BCUT2D eigenvalue weighted by atomic mass is 10.2. The van der Waals surface area contributed by atoms with E-state index in [1.165, 1.54) is 6.08 Å². The third-order valence-corrected chi connectivity index (χ3v) is 4.46. The lowest BCUT2D eigenvalue weighted by molar-refractivity contribution is -0.116. The van der Waals surface area contributed by atoms with Crippen molar-refractivity contribution in [3.05, 3.63) is 66.1 Å². The van der Waals surface area contributed by atoms with E-state index in [0.717, 1.165) is 35.5 Å². The number of pyridine rings is 1. The van der Waals surface area contributed by atoms with Gasteiger partial charge in [-0.15, -0.1) is 0 Å². The molecule has 1 aromatic carbocycles. The van der Waals surface area contributed by atoms with Crippen LogP contribution in [0.5, 0.6) is 11.5 Å². The highest BCUT2D eigenvalue weighted by molar-refractivity contribution is 5.91. The molecule has 0 spiro atoms. The van der Waals surface area contributed by atoms with E-state index in [4.69, 9.17) is 9.47 Å². The van der Waals surface area contributed by atoms with Crippen molar-refractivity contribution in [2.75, 3.05) is 20.3 Å². The lowest BCUT2D eigenvalue weighted by Crippen LogP contribution is -2.23. The van der Waals surface area contributed by atoms with Crippen molar-refractivity contribution in [1.82, 2.24) is 14.7 Å². The van der Waals surface area contributed by atoms with Gasteiger partial charge in [-0.1, -0.05) is 25.5 Å². The second-order valence-electron chi connectivity index (χ2n) is 6.69. The van der Waals surface area contributed by atoms with Gasteiger partial charge in [0.25, 0.3) is 0 Å². The molecular weight excluding hydrogens is 366 g/mol. The molecule has 0 bridgehead atoms. The first-order chi connectivity index (χ1) is 14.2. The van der Waals surface area contributed by atoms with Crippen LogP contribution in [0.1, 0.15) is 31.0 Å². The van der Waals surface area contributed by atoms with Crippen LogP contribution >= 0.6 is 0 Å². The van der Waals surface area contributed by atoms with Crippen molar-refractivity contribution < 1.29 is 14.3 Å². The second kappa shape index (κ2) is 10.3. The Hall–Kier alpha value is -3.28. The van der Waals surface area contributed by atoms with E-state index >= 15 is 0 Å². The molecule has 0 unspecified atom stereocenters. The minimum absolute atomic E-state index is 0.143. The van der Waals surface area contributed by atoms with Gasteiger partial charge in [-0.2, -0.15) is 0 Å². The Morgan fingerprint density at radius 3 is 2.93 bits per heavy atom. The molecule has 29 heavy (non-hydrogen) atoms. The summed E-state index contributed by atoms with van der Waals surface area (Å²) in [6.07, 6.45) is 9.98. The van der Waals surface area contributed by atoms with Gasteiger partial charge >= 0.3 is 0 Å². The molecule has 2 heterocycles. The number of hydrogen-bond acceptors (Lipinski definition) is 4. The van der Waals surface area contributed by atoms with Crippen LogP contribution in [0, 0.1) is 0 Å². The summed E-state index contributed by atoms with van der Waals surface area (Å²) in [5.41, 5.74) is 2.73. The number of hydrogen-bond donors (Lipinski definition) is 1. The second-order valence-corrected chi connectivity index (χ2v) is 6.69. The molecule has 0 saturated heterocycles. The van der Waals surface area contributed by atoms with Gasteiger partial charge < -0.3 is 19.2 Å². The predicted molar refractivity (Wildman–Crippen MR) is 114 cm³/mol. The first-order valence-corrected chi connectivity index (χ1v) is 9.89. The van der Waals surface area contributed by atoms with Gasteiger partial charge in [-0.05, 0) is 42.3 Å². The molecule has 0 radical (unpaired) electrons. The van der Waals surface area contributed by atoms with E-state index in [1.807, 2.05) is 53.2 Å². The minimum Gasteiger partial charge on any atom is -0.493 e. The summed E-state index contributed by atoms with van der Waals surface area (Å²) in [6, 6.07) is 11.5. The van der Waals surface area contributed by atoms with E-state index in [-0.39, 0.29) is 5.91 Å². The number of benzene rings is 1. The van der Waals surface area contributed by atoms with Crippen LogP contribution in [0.4, 0.5) is 0 Å². The first kappa shape index (κ1) is 20.5. The monoisotopic (exact) mass is 393 g/mol. The van der Waals surface area contributed by atoms with E-state index < -0.39 is 0 Å². The summed E-state index contributed by atoms with van der Waals surface area (Å²) in [7, 11) is 1.61. The standard InChI is InChI=1S/C23H27N3O3/c1-3-4-15-29-20-10-8-18(16-21(20)28-2)9-11-23(27)24-13-12-19-17-26-14-6-5-7-22(26)25-19/h5-11,14,16-17H,3-4,12-13,15H2,1-2H3,(H,24,27)/b11-9+. The Kier molecular flexibility index (Phi) is 7.28. The average Bonchev–Trinajstić information content (AvgIpc) is 3.15. The number of nitrogens with zero attached hydrogens (tertiary/aromatic N) is 2. The van der Waals surface area contributed by atoms with Crippen LogP contribution < -0.4 is 14.8 Å². The SMILES string of the molecule is CCCCOc1ccc(/C=C/C(=O)NCCc2cn3ccccc3n2)cc1OC. The Morgan fingerprint density at radius 1 is 1.24 bits per heavy atom. The van der Waals surface area contributed by atoms with Gasteiger partial charge in [0.05, 0.1) is 19.4 Å². The van der Waals surface area contributed by atoms with E-state index in [1.54, 1.807) is 13.2 Å². The third kappa shape index (κ3) is 5.85. The number of rotatable bonds is 10. The minimum atomic E-state index is -0.143. The van der Waals surface area contributed by atoms with Crippen molar-refractivity contribution in [1.29, 1.82) is 0 Å². The van der Waals surface area contributed by atoms with Gasteiger partial charge in [0.1, 0.15) is 5.65 Å². The average molecular weight is 393 g/mol. The summed E-state index contributed by atoms with van der Waals surface area (Å²) in [6.45, 7) is 3.31. The van der Waals surface area contributed by atoms with Crippen molar-refractivity contribution in [2.24, 2.45) is 0 Å². The molecule has 0 atom stereocenters. The maximum atomic E-state index is 12.1. The molecule has 0 aliphatic heterocycles. The number of aromatic nitrogens is 2. The molecule has 1 amide bonds. The van der Waals surface area contributed by atoms with Gasteiger partial charge in [0.2, 0.25) is 5.91 Å². The van der Waals surface area contributed by atoms with Crippen LogP contribution in [0.3, 0.4) is 0 Å². The highest BCUT2D eigenvalue weighted by Gasteiger charge is 2.05. The number of amides is 1. The van der Waals surface area contributed by atoms with Crippen molar-refractivity contribution in [3.63, 3.8) is 0 Å².